The summed E-state index contributed by atoms with van der Waals surface area (Å²) in [5.41, 5.74) is 2.48. The van der Waals surface area contributed by atoms with Crippen molar-refractivity contribution in [1.29, 1.82) is 0 Å². The molecule has 2 atom stereocenters. The largest absolute Gasteiger partial charge is 0.466 e. The summed E-state index contributed by atoms with van der Waals surface area (Å²) in [5, 5.41) is 3.97. The first-order chi connectivity index (χ1) is 13.6. The van der Waals surface area contributed by atoms with E-state index in [1.54, 1.807) is 11.3 Å². The van der Waals surface area contributed by atoms with E-state index in [0.717, 1.165) is 36.1 Å². The van der Waals surface area contributed by atoms with E-state index in [1.165, 1.54) is 12.1 Å². The van der Waals surface area contributed by atoms with E-state index >= 15 is 0 Å². The van der Waals surface area contributed by atoms with Crippen LogP contribution in [-0.2, 0) is 27.4 Å². The van der Waals surface area contributed by atoms with Crippen LogP contribution in [0.5, 0.6) is 5.75 Å². The molecule has 1 saturated heterocycles. The predicted molar refractivity (Wildman–Crippen MR) is 104 cm³/mol. The van der Waals surface area contributed by atoms with Crippen LogP contribution in [0.3, 0.4) is 0 Å². The summed E-state index contributed by atoms with van der Waals surface area (Å²) in [6, 6.07) is 4.97. The summed E-state index contributed by atoms with van der Waals surface area (Å²) in [5.74, 6) is 0.132. The molecule has 150 valence electrons. The number of hydrogen-bond donors (Lipinski definition) is 0. The molecule has 28 heavy (non-hydrogen) atoms. The number of halogens is 1. The molecular formula is C21H24FNO4S. The lowest BCUT2D eigenvalue weighted by Gasteiger charge is -2.33. The SMILES string of the molecule is CCOC(=O)[C@@H]1CCCN(Cc2cc(F)cc3c2O[C@H](c2ccsc2)OC3)C1. The molecule has 2 aromatic rings. The Hall–Kier alpha value is -1.96. The van der Waals surface area contributed by atoms with Crippen LogP contribution >= 0.6 is 11.3 Å². The number of hydrogen-bond acceptors (Lipinski definition) is 6. The molecule has 0 bridgehead atoms. The van der Waals surface area contributed by atoms with E-state index in [1.807, 2.05) is 23.8 Å². The first-order valence-electron chi connectivity index (χ1n) is 9.64. The molecule has 1 aromatic carbocycles. The minimum Gasteiger partial charge on any atom is -0.466 e. The number of rotatable bonds is 5. The van der Waals surface area contributed by atoms with Crippen LogP contribution in [0, 0.1) is 11.7 Å². The molecule has 4 rings (SSSR count). The lowest BCUT2D eigenvalue weighted by molar-refractivity contribution is -0.150. The summed E-state index contributed by atoms with van der Waals surface area (Å²) in [7, 11) is 0. The minimum absolute atomic E-state index is 0.124. The van der Waals surface area contributed by atoms with Crippen LogP contribution in [0.2, 0.25) is 0 Å². The fraction of sp³-hybridized carbons (Fsp3) is 0.476. The van der Waals surface area contributed by atoms with Crippen LogP contribution in [0.15, 0.2) is 29.0 Å². The van der Waals surface area contributed by atoms with Crippen molar-refractivity contribution in [1.82, 2.24) is 4.90 Å². The Kier molecular flexibility index (Phi) is 5.94. The van der Waals surface area contributed by atoms with E-state index < -0.39 is 6.29 Å². The zero-order chi connectivity index (χ0) is 19.5. The molecule has 0 aliphatic carbocycles. The Morgan fingerprint density at radius 3 is 3.11 bits per heavy atom. The van der Waals surface area contributed by atoms with Gasteiger partial charge in [0.25, 0.3) is 0 Å². The molecule has 1 aromatic heterocycles. The number of esters is 1. The highest BCUT2D eigenvalue weighted by Gasteiger charge is 2.30. The van der Waals surface area contributed by atoms with E-state index in [-0.39, 0.29) is 17.7 Å². The molecule has 0 N–H and O–H groups in total. The molecular weight excluding hydrogens is 381 g/mol. The van der Waals surface area contributed by atoms with Gasteiger partial charge in [-0.05, 0) is 49.9 Å². The third kappa shape index (κ3) is 4.21. The van der Waals surface area contributed by atoms with E-state index in [0.29, 0.717) is 32.1 Å². The minimum atomic E-state index is -0.475. The van der Waals surface area contributed by atoms with E-state index in [4.69, 9.17) is 14.2 Å². The van der Waals surface area contributed by atoms with E-state index in [2.05, 4.69) is 4.90 Å². The number of nitrogens with zero attached hydrogens (tertiary/aromatic N) is 1. The molecule has 0 spiro atoms. The van der Waals surface area contributed by atoms with Crippen LogP contribution < -0.4 is 4.74 Å². The zero-order valence-electron chi connectivity index (χ0n) is 15.9. The summed E-state index contributed by atoms with van der Waals surface area (Å²) < 4.78 is 31.2. The lowest BCUT2D eigenvalue weighted by Crippen LogP contribution is -2.39. The van der Waals surface area contributed by atoms with Crippen molar-refractivity contribution in [2.45, 2.75) is 39.2 Å². The molecule has 2 aliphatic rings. The van der Waals surface area contributed by atoms with Gasteiger partial charge in [0.15, 0.2) is 0 Å². The van der Waals surface area contributed by atoms with Crippen molar-refractivity contribution in [3.8, 4) is 5.75 Å². The molecule has 3 heterocycles. The second kappa shape index (κ2) is 8.59. The van der Waals surface area contributed by atoms with Gasteiger partial charge in [0, 0.05) is 35.2 Å². The van der Waals surface area contributed by atoms with Crippen LogP contribution in [-0.4, -0.2) is 30.6 Å². The summed E-state index contributed by atoms with van der Waals surface area (Å²) in [6.45, 7) is 4.55. The van der Waals surface area contributed by atoms with Gasteiger partial charge >= 0.3 is 5.97 Å². The normalized spacial score (nSPS) is 22.4. The first kappa shape index (κ1) is 19.4. The van der Waals surface area contributed by atoms with Crippen LogP contribution in [0.1, 0.15) is 42.7 Å². The highest BCUT2D eigenvalue weighted by molar-refractivity contribution is 7.07. The summed E-state index contributed by atoms with van der Waals surface area (Å²) in [4.78, 5) is 14.3. The fourth-order valence-electron chi connectivity index (χ4n) is 3.86. The second-order valence-electron chi connectivity index (χ2n) is 7.20. The Labute approximate surface area is 168 Å². The molecule has 1 fully saturated rings. The van der Waals surface area contributed by atoms with Crippen molar-refractivity contribution >= 4 is 17.3 Å². The summed E-state index contributed by atoms with van der Waals surface area (Å²) in [6.07, 6.45) is 1.28. The third-order valence-electron chi connectivity index (χ3n) is 5.16. The Morgan fingerprint density at radius 1 is 1.43 bits per heavy atom. The Balaban J connectivity index is 1.52. The summed E-state index contributed by atoms with van der Waals surface area (Å²) >= 11 is 1.58. The highest BCUT2D eigenvalue weighted by Crippen LogP contribution is 2.38. The molecule has 5 nitrogen and oxygen atoms in total. The standard InChI is InChI=1S/C21H24FNO4S/c1-2-25-20(24)14-4-3-6-23(10-14)11-16-8-18(22)9-17-12-26-21(27-19(16)17)15-5-7-28-13-15/h5,7-9,13-14,21H,2-4,6,10-12H2,1H3/t14-,21-/m1/s1. The number of benzene rings is 1. The quantitative estimate of drug-likeness (QED) is 0.696. The number of ether oxygens (including phenoxy) is 3. The van der Waals surface area contributed by atoms with Gasteiger partial charge in [-0.2, -0.15) is 11.3 Å². The number of fused-ring (bicyclic) bond motifs is 1. The third-order valence-corrected chi connectivity index (χ3v) is 5.86. The van der Waals surface area contributed by atoms with Gasteiger partial charge in [0.1, 0.15) is 11.6 Å². The highest BCUT2D eigenvalue weighted by atomic mass is 32.1. The average molecular weight is 405 g/mol. The van der Waals surface area contributed by atoms with E-state index in [9.17, 15) is 9.18 Å². The fourth-order valence-corrected chi connectivity index (χ4v) is 4.52. The van der Waals surface area contributed by atoms with Gasteiger partial charge in [0.05, 0.1) is 19.1 Å². The Morgan fingerprint density at radius 2 is 2.32 bits per heavy atom. The zero-order valence-corrected chi connectivity index (χ0v) is 16.7. The molecule has 7 heteroatoms. The maximum Gasteiger partial charge on any atom is 0.310 e. The van der Waals surface area contributed by atoms with Gasteiger partial charge in [-0.1, -0.05) is 0 Å². The lowest BCUT2D eigenvalue weighted by atomic mass is 9.97. The molecule has 0 unspecified atom stereocenters. The topological polar surface area (TPSA) is 48.0 Å². The molecule has 0 saturated carbocycles. The monoisotopic (exact) mass is 405 g/mol. The van der Waals surface area contributed by atoms with Crippen LogP contribution in [0.25, 0.3) is 0 Å². The molecule has 0 amide bonds. The Bertz CT molecular complexity index is 826. The number of carbonyl (C=O) groups is 1. The predicted octanol–water partition coefficient (Wildman–Crippen LogP) is 4.27. The van der Waals surface area contributed by atoms with Crippen molar-refractivity contribution in [3.63, 3.8) is 0 Å². The van der Waals surface area contributed by atoms with Gasteiger partial charge in [-0.15, -0.1) is 0 Å². The molecule has 0 radical (unpaired) electrons. The maximum atomic E-state index is 14.2. The van der Waals surface area contributed by atoms with Crippen molar-refractivity contribution in [3.05, 3.63) is 51.5 Å². The van der Waals surface area contributed by atoms with Gasteiger partial charge in [-0.3, -0.25) is 9.69 Å². The van der Waals surface area contributed by atoms with Crippen molar-refractivity contribution in [2.24, 2.45) is 5.92 Å². The van der Waals surface area contributed by atoms with Gasteiger partial charge in [-0.25, -0.2) is 4.39 Å². The number of piperidine rings is 1. The van der Waals surface area contributed by atoms with Crippen LogP contribution in [0.4, 0.5) is 4.39 Å². The maximum absolute atomic E-state index is 14.2. The average Bonchev–Trinajstić information content (AvgIpc) is 3.23. The smallest absolute Gasteiger partial charge is 0.310 e. The number of carbonyl (C=O) groups excluding carboxylic acids is 1. The van der Waals surface area contributed by atoms with Gasteiger partial charge in [0.2, 0.25) is 6.29 Å². The first-order valence-corrected chi connectivity index (χ1v) is 10.6. The van der Waals surface area contributed by atoms with Crippen molar-refractivity contribution in [2.75, 3.05) is 19.7 Å². The van der Waals surface area contributed by atoms with Gasteiger partial charge < -0.3 is 14.2 Å². The van der Waals surface area contributed by atoms with Crippen molar-refractivity contribution < 1.29 is 23.4 Å². The number of thiophene rings is 1. The second-order valence-corrected chi connectivity index (χ2v) is 7.98. The molecule has 2 aliphatic heterocycles. The number of likely N-dealkylation sites (tertiary alicyclic amines) is 1.